The lowest BCUT2D eigenvalue weighted by atomic mass is 9.87. The van der Waals surface area contributed by atoms with Crippen LogP contribution in [0.25, 0.3) is 0 Å². The number of hydrogen-bond donors (Lipinski definition) is 1. The van der Waals surface area contributed by atoms with Crippen LogP contribution >= 0.6 is 0 Å². The average molecular weight is 536 g/mol. The molecule has 1 heterocycles. The molecule has 1 aromatic rings. The van der Waals surface area contributed by atoms with E-state index in [-0.39, 0.29) is 23.4 Å². The molecule has 204 valence electrons. The van der Waals surface area contributed by atoms with Gasteiger partial charge in [-0.25, -0.2) is 4.39 Å². The molecular weight excluding hydrogens is 498 g/mol. The first-order valence-corrected chi connectivity index (χ1v) is 13.9. The Labute approximate surface area is 214 Å². The van der Waals surface area contributed by atoms with Crippen molar-refractivity contribution < 1.29 is 31.6 Å². The minimum absolute atomic E-state index is 0.200. The fourth-order valence-electron chi connectivity index (χ4n) is 5.36. The molecule has 0 radical (unpaired) electrons. The SMILES string of the molecule is CCC[S+]([O-])N1CCN(C2(CNC(=O)c3c(OC)cc(CF)cc3C(F)(F)F)CCCCCC2)CC1. The number of methoxy groups -OCH3 is 1. The van der Waals surface area contributed by atoms with Crippen LogP contribution < -0.4 is 10.1 Å². The summed E-state index contributed by atoms with van der Waals surface area (Å²) in [4.78, 5) is 15.5. The molecule has 3 rings (SSSR count). The highest BCUT2D eigenvalue weighted by molar-refractivity contribution is 7.89. The molecule has 1 aliphatic carbocycles. The van der Waals surface area contributed by atoms with Crippen molar-refractivity contribution in [3.8, 4) is 5.75 Å². The van der Waals surface area contributed by atoms with E-state index in [1.165, 1.54) is 7.11 Å². The Morgan fingerprint density at radius 1 is 1.14 bits per heavy atom. The Balaban J connectivity index is 1.82. The molecule has 2 aliphatic rings. The summed E-state index contributed by atoms with van der Waals surface area (Å²) < 4.78 is 74.2. The first-order chi connectivity index (χ1) is 17.1. The van der Waals surface area contributed by atoms with E-state index in [4.69, 9.17) is 4.74 Å². The molecule has 0 bridgehead atoms. The van der Waals surface area contributed by atoms with Crippen LogP contribution in [0.2, 0.25) is 0 Å². The van der Waals surface area contributed by atoms with Crippen LogP contribution in [-0.2, 0) is 24.2 Å². The van der Waals surface area contributed by atoms with E-state index in [1.54, 1.807) is 0 Å². The van der Waals surface area contributed by atoms with Crippen LogP contribution in [0.3, 0.4) is 0 Å². The second kappa shape index (κ2) is 12.8. The van der Waals surface area contributed by atoms with Crippen LogP contribution in [0.5, 0.6) is 5.75 Å². The first kappa shape index (κ1) is 29.0. The first-order valence-electron chi connectivity index (χ1n) is 12.7. The van der Waals surface area contributed by atoms with Crippen molar-refractivity contribution in [2.45, 2.75) is 70.3 Å². The zero-order chi connectivity index (χ0) is 26.3. The zero-order valence-corrected chi connectivity index (χ0v) is 21.9. The largest absolute Gasteiger partial charge is 0.598 e. The number of carbonyl (C=O) groups is 1. The Kier molecular flexibility index (Phi) is 10.3. The van der Waals surface area contributed by atoms with Crippen molar-refractivity contribution in [2.24, 2.45) is 0 Å². The number of nitrogens with zero attached hydrogens (tertiary/aromatic N) is 2. The highest BCUT2D eigenvalue weighted by Gasteiger charge is 2.42. The van der Waals surface area contributed by atoms with Gasteiger partial charge in [0.05, 0.1) is 31.3 Å². The standard InChI is InChI=1S/C25H37F4N3O3S/c1-3-14-36(34)32-12-10-31(11-13-32)24(8-6-4-5-7-9-24)18-30-23(33)22-20(25(27,28)29)15-19(17-26)16-21(22)35-2/h15-16H,3-14,17-18H2,1-2H3,(H,30,33). The molecule has 1 atom stereocenters. The van der Waals surface area contributed by atoms with Crippen LogP contribution in [0.1, 0.15) is 73.4 Å². The number of ether oxygens (including phenoxy) is 1. The van der Waals surface area contributed by atoms with E-state index in [9.17, 15) is 26.9 Å². The Bertz CT molecular complexity index is 871. The predicted octanol–water partition coefficient (Wildman–Crippen LogP) is 4.70. The number of amides is 1. The van der Waals surface area contributed by atoms with E-state index < -0.39 is 41.2 Å². The summed E-state index contributed by atoms with van der Waals surface area (Å²) >= 11 is -1.01. The number of alkyl halides is 4. The number of hydrogen-bond acceptors (Lipinski definition) is 5. The topological polar surface area (TPSA) is 67.9 Å². The van der Waals surface area contributed by atoms with Gasteiger partial charge < -0.3 is 14.6 Å². The summed E-state index contributed by atoms with van der Waals surface area (Å²) in [6.45, 7) is 3.79. The highest BCUT2D eigenvalue weighted by Crippen LogP contribution is 2.38. The fraction of sp³-hybridized carbons (Fsp3) is 0.720. The molecule has 1 saturated heterocycles. The molecule has 36 heavy (non-hydrogen) atoms. The highest BCUT2D eigenvalue weighted by atomic mass is 32.2. The Morgan fingerprint density at radius 2 is 1.78 bits per heavy atom. The molecule has 0 spiro atoms. The molecule has 2 fully saturated rings. The number of rotatable bonds is 9. The zero-order valence-electron chi connectivity index (χ0n) is 21.1. The van der Waals surface area contributed by atoms with Crippen molar-refractivity contribution in [2.75, 3.05) is 45.6 Å². The van der Waals surface area contributed by atoms with E-state index in [1.807, 2.05) is 11.2 Å². The van der Waals surface area contributed by atoms with Gasteiger partial charge in [-0.05, 0) is 37.0 Å². The Morgan fingerprint density at radius 3 is 2.31 bits per heavy atom. The summed E-state index contributed by atoms with van der Waals surface area (Å²) in [5.74, 6) is -0.543. The lowest BCUT2D eigenvalue weighted by molar-refractivity contribution is -0.138. The summed E-state index contributed by atoms with van der Waals surface area (Å²) in [5, 5.41) is 2.79. The van der Waals surface area contributed by atoms with Gasteiger partial charge in [0, 0.05) is 36.5 Å². The van der Waals surface area contributed by atoms with Crippen molar-refractivity contribution >= 4 is 17.3 Å². The number of carbonyl (C=O) groups excluding carboxylic acids is 1. The third kappa shape index (κ3) is 6.85. The van der Waals surface area contributed by atoms with Crippen molar-refractivity contribution in [1.82, 2.24) is 14.5 Å². The molecule has 1 saturated carbocycles. The lowest BCUT2D eigenvalue weighted by Gasteiger charge is -2.47. The van der Waals surface area contributed by atoms with Gasteiger partial charge in [0.1, 0.15) is 18.2 Å². The van der Waals surface area contributed by atoms with Gasteiger partial charge in [0.25, 0.3) is 5.91 Å². The molecule has 1 aromatic carbocycles. The van der Waals surface area contributed by atoms with Crippen molar-refractivity contribution in [1.29, 1.82) is 0 Å². The number of halogens is 4. The molecule has 1 N–H and O–H groups in total. The van der Waals surface area contributed by atoms with Gasteiger partial charge in [-0.1, -0.05) is 32.6 Å². The second-order valence-corrected chi connectivity index (χ2v) is 11.2. The van der Waals surface area contributed by atoms with Crippen LogP contribution in [-0.4, -0.2) is 70.8 Å². The maximum atomic E-state index is 13.8. The predicted molar refractivity (Wildman–Crippen MR) is 132 cm³/mol. The summed E-state index contributed by atoms with van der Waals surface area (Å²) in [6, 6.07) is 1.82. The fourth-order valence-corrected chi connectivity index (χ4v) is 6.54. The number of piperazine rings is 1. The summed E-state index contributed by atoms with van der Waals surface area (Å²) in [7, 11) is 1.17. The second-order valence-electron chi connectivity index (χ2n) is 9.61. The van der Waals surface area contributed by atoms with Crippen LogP contribution in [0.4, 0.5) is 17.6 Å². The molecule has 6 nitrogen and oxygen atoms in total. The van der Waals surface area contributed by atoms with E-state index in [0.29, 0.717) is 38.0 Å². The van der Waals surface area contributed by atoms with Gasteiger partial charge >= 0.3 is 6.18 Å². The van der Waals surface area contributed by atoms with E-state index in [2.05, 4.69) is 10.2 Å². The molecule has 1 amide bonds. The van der Waals surface area contributed by atoms with Crippen LogP contribution in [0.15, 0.2) is 12.1 Å². The third-order valence-electron chi connectivity index (χ3n) is 7.26. The quantitative estimate of drug-likeness (QED) is 0.282. The average Bonchev–Trinajstić information content (AvgIpc) is 3.12. The van der Waals surface area contributed by atoms with Crippen LogP contribution in [0, 0.1) is 0 Å². The molecule has 0 aromatic heterocycles. The minimum atomic E-state index is -4.84. The monoisotopic (exact) mass is 535 g/mol. The minimum Gasteiger partial charge on any atom is -0.598 e. The summed E-state index contributed by atoms with van der Waals surface area (Å²) in [6.07, 6.45) is 1.76. The Hall–Kier alpha value is -1.56. The van der Waals surface area contributed by atoms with E-state index in [0.717, 1.165) is 51.0 Å². The summed E-state index contributed by atoms with van der Waals surface area (Å²) in [5.41, 5.74) is -2.40. The van der Waals surface area contributed by atoms with Gasteiger partial charge in [0.2, 0.25) is 0 Å². The normalized spacial score (nSPS) is 20.5. The van der Waals surface area contributed by atoms with E-state index >= 15 is 0 Å². The molecular formula is C25H37F4N3O3S. The van der Waals surface area contributed by atoms with Gasteiger partial charge in [-0.2, -0.15) is 13.2 Å². The van der Waals surface area contributed by atoms with Gasteiger partial charge in [0.15, 0.2) is 0 Å². The van der Waals surface area contributed by atoms with Crippen molar-refractivity contribution in [3.05, 3.63) is 28.8 Å². The van der Waals surface area contributed by atoms with Gasteiger partial charge in [-0.15, -0.1) is 4.31 Å². The van der Waals surface area contributed by atoms with Crippen molar-refractivity contribution in [3.63, 3.8) is 0 Å². The number of benzene rings is 1. The number of nitrogens with one attached hydrogen (secondary N) is 1. The van der Waals surface area contributed by atoms with Gasteiger partial charge in [-0.3, -0.25) is 9.69 Å². The third-order valence-corrected chi connectivity index (χ3v) is 8.96. The molecule has 1 aliphatic heterocycles. The maximum Gasteiger partial charge on any atom is 0.417 e. The molecule has 11 heteroatoms. The lowest BCUT2D eigenvalue weighted by Crippen LogP contribution is -2.61. The maximum absolute atomic E-state index is 13.8. The molecule has 1 unspecified atom stereocenters. The smallest absolute Gasteiger partial charge is 0.417 e.